The van der Waals surface area contributed by atoms with Crippen LogP contribution in [0.4, 0.5) is 0 Å². The summed E-state index contributed by atoms with van der Waals surface area (Å²) < 4.78 is 0. The van der Waals surface area contributed by atoms with Crippen LogP contribution in [0.5, 0.6) is 0 Å². The van der Waals surface area contributed by atoms with E-state index in [0.717, 1.165) is 11.1 Å². The van der Waals surface area contributed by atoms with E-state index in [0.29, 0.717) is 11.5 Å². The number of aryl methyl sites for hydroxylation is 3. The summed E-state index contributed by atoms with van der Waals surface area (Å²) in [4.78, 5) is 19.1. The minimum absolute atomic E-state index is 0.0238. The van der Waals surface area contributed by atoms with Crippen molar-refractivity contribution in [1.82, 2.24) is 9.97 Å². The molecule has 4 nitrogen and oxygen atoms in total. The van der Waals surface area contributed by atoms with Crippen molar-refractivity contribution < 1.29 is 9.90 Å². The highest BCUT2D eigenvalue weighted by Gasteiger charge is 2.10. The predicted molar refractivity (Wildman–Crippen MR) is 68.6 cm³/mol. The van der Waals surface area contributed by atoms with E-state index in [1.807, 2.05) is 32.0 Å². The number of benzene rings is 1. The van der Waals surface area contributed by atoms with Gasteiger partial charge < -0.3 is 5.11 Å². The molecule has 1 aromatic carbocycles. The lowest BCUT2D eigenvalue weighted by molar-refractivity contribution is 0.0690. The minimum Gasteiger partial charge on any atom is -0.477 e. The normalized spacial score (nSPS) is 10.4. The Morgan fingerprint density at radius 1 is 1.06 bits per heavy atom. The van der Waals surface area contributed by atoms with Crippen LogP contribution in [0.1, 0.15) is 27.4 Å². The van der Waals surface area contributed by atoms with E-state index >= 15 is 0 Å². The molecule has 0 aliphatic rings. The predicted octanol–water partition coefficient (Wildman–Crippen LogP) is 2.77. The monoisotopic (exact) mass is 242 g/mol. The van der Waals surface area contributed by atoms with Gasteiger partial charge in [0.15, 0.2) is 5.69 Å². The highest BCUT2D eigenvalue weighted by atomic mass is 16.4. The van der Waals surface area contributed by atoms with Crippen molar-refractivity contribution >= 4 is 5.97 Å². The van der Waals surface area contributed by atoms with Gasteiger partial charge in [-0.3, -0.25) is 0 Å². The molecule has 0 spiro atoms. The Morgan fingerprint density at radius 3 is 2.39 bits per heavy atom. The fraction of sp³-hybridized carbons (Fsp3) is 0.214. The largest absolute Gasteiger partial charge is 0.477 e. The molecule has 0 unspecified atom stereocenters. The Kier molecular flexibility index (Phi) is 3.10. The van der Waals surface area contributed by atoms with Gasteiger partial charge >= 0.3 is 5.97 Å². The molecule has 1 aromatic heterocycles. The first kappa shape index (κ1) is 12.2. The summed E-state index contributed by atoms with van der Waals surface area (Å²) in [7, 11) is 0. The Hall–Kier alpha value is -2.23. The van der Waals surface area contributed by atoms with E-state index in [1.54, 1.807) is 6.92 Å². The molecule has 0 aliphatic heterocycles. The van der Waals surface area contributed by atoms with Gasteiger partial charge in [0.1, 0.15) is 5.82 Å². The topological polar surface area (TPSA) is 63.1 Å². The van der Waals surface area contributed by atoms with Crippen molar-refractivity contribution in [3.63, 3.8) is 0 Å². The lowest BCUT2D eigenvalue weighted by Crippen LogP contribution is -2.04. The highest BCUT2D eigenvalue weighted by Crippen LogP contribution is 2.21. The molecular formula is C14H14N2O2. The van der Waals surface area contributed by atoms with E-state index in [-0.39, 0.29) is 5.69 Å². The van der Waals surface area contributed by atoms with Crippen molar-refractivity contribution in [2.75, 3.05) is 0 Å². The summed E-state index contributed by atoms with van der Waals surface area (Å²) in [6.45, 7) is 5.75. The molecule has 0 saturated heterocycles. The Labute approximate surface area is 105 Å². The number of carboxylic acids is 1. The maximum absolute atomic E-state index is 11.0. The van der Waals surface area contributed by atoms with Crippen molar-refractivity contribution in [1.29, 1.82) is 0 Å². The standard InChI is InChI=1S/C14H14N2O2/c1-8-4-5-11(6-9(8)2)12-7-13(14(17)18)16-10(3)15-12/h4-7H,1-3H3,(H,17,18). The van der Waals surface area contributed by atoms with Crippen molar-refractivity contribution in [2.24, 2.45) is 0 Å². The van der Waals surface area contributed by atoms with Gasteiger partial charge in [0.05, 0.1) is 5.69 Å². The molecule has 1 heterocycles. The van der Waals surface area contributed by atoms with E-state index in [9.17, 15) is 4.79 Å². The number of carbonyl (C=O) groups is 1. The molecule has 0 fully saturated rings. The summed E-state index contributed by atoms with van der Waals surface area (Å²) in [5.74, 6) is -0.575. The third-order valence-corrected chi connectivity index (χ3v) is 2.86. The average Bonchev–Trinajstić information content (AvgIpc) is 2.31. The van der Waals surface area contributed by atoms with Crippen LogP contribution >= 0.6 is 0 Å². The third kappa shape index (κ3) is 2.37. The van der Waals surface area contributed by atoms with Crippen molar-refractivity contribution in [3.8, 4) is 11.3 Å². The maximum Gasteiger partial charge on any atom is 0.354 e. The molecule has 0 amide bonds. The highest BCUT2D eigenvalue weighted by molar-refractivity contribution is 5.86. The van der Waals surface area contributed by atoms with Gasteiger partial charge in [-0.1, -0.05) is 12.1 Å². The SMILES string of the molecule is Cc1nc(C(=O)O)cc(-c2ccc(C)c(C)c2)n1. The van der Waals surface area contributed by atoms with Crippen LogP contribution in [-0.2, 0) is 0 Å². The molecule has 0 bridgehead atoms. The van der Waals surface area contributed by atoms with Crippen LogP contribution in [0.25, 0.3) is 11.3 Å². The molecule has 92 valence electrons. The van der Waals surface area contributed by atoms with Crippen LogP contribution in [-0.4, -0.2) is 21.0 Å². The fourth-order valence-electron chi connectivity index (χ4n) is 1.73. The van der Waals surface area contributed by atoms with Gasteiger partial charge in [-0.25, -0.2) is 14.8 Å². The van der Waals surface area contributed by atoms with Crippen LogP contribution in [0.2, 0.25) is 0 Å². The fourth-order valence-corrected chi connectivity index (χ4v) is 1.73. The molecule has 0 aliphatic carbocycles. The molecule has 2 rings (SSSR count). The first-order chi connectivity index (χ1) is 8.47. The molecule has 0 atom stereocenters. The zero-order chi connectivity index (χ0) is 13.3. The number of rotatable bonds is 2. The number of aromatic nitrogens is 2. The molecule has 0 radical (unpaired) electrons. The minimum atomic E-state index is -1.04. The lowest BCUT2D eigenvalue weighted by atomic mass is 10.0. The van der Waals surface area contributed by atoms with Crippen LogP contribution in [0.15, 0.2) is 24.3 Å². The molecule has 18 heavy (non-hydrogen) atoms. The van der Waals surface area contributed by atoms with Crippen molar-refractivity contribution in [3.05, 3.63) is 46.9 Å². The number of aromatic carboxylic acids is 1. The summed E-state index contributed by atoms with van der Waals surface area (Å²) in [5, 5.41) is 8.99. The zero-order valence-corrected chi connectivity index (χ0v) is 10.6. The Bertz CT molecular complexity index is 621. The average molecular weight is 242 g/mol. The molecule has 4 heteroatoms. The van der Waals surface area contributed by atoms with Gasteiger partial charge in [0.25, 0.3) is 0 Å². The van der Waals surface area contributed by atoms with Gasteiger partial charge in [0.2, 0.25) is 0 Å². The second kappa shape index (κ2) is 4.56. The first-order valence-corrected chi connectivity index (χ1v) is 5.64. The smallest absolute Gasteiger partial charge is 0.354 e. The summed E-state index contributed by atoms with van der Waals surface area (Å²) in [6, 6.07) is 7.44. The number of nitrogens with zero attached hydrogens (tertiary/aromatic N) is 2. The maximum atomic E-state index is 11.0. The van der Waals surface area contributed by atoms with Crippen LogP contribution in [0.3, 0.4) is 0 Å². The molecule has 0 saturated carbocycles. The molecule has 1 N–H and O–H groups in total. The first-order valence-electron chi connectivity index (χ1n) is 5.64. The van der Waals surface area contributed by atoms with Gasteiger partial charge in [0, 0.05) is 5.56 Å². The summed E-state index contributed by atoms with van der Waals surface area (Å²) in [6.07, 6.45) is 0. The van der Waals surface area contributed by atoms with E-state index in [2.05, 4.69) is 9.97 Å². The van der Waals surface area contributed by atoms with E-state index in [4.69, 9.17) is 5.11 Å². The van der Waals surface area contributed by atoms with Crippen molar-refractivity contribution in [2.45, 2.75) is 20.8 Å². The Balaban J connectivity index is 2.56. The van der Waals surface area contributed by atoms with Gasteiger partial charge in [-0.15, -0.1) is 0 Å². The third-order valence-electron chi connectivity index (χ3n) is 2.86. The lowest BCUT2D eigenvalue weighted by Gasteiger charge is -2.06. The van der Waals surface area contributed by atoms with E-state index < -0.39 is 5.97 Å². The summed E-state index contributed by atoms with van der Waals surface area (Å²) in [5.41, 5.74) is 3.92. The van der Waals surface area contributed by atoms with E-state index in [1.165, 1.54) is 11.6 Å². The number of hydrogen-bond donors (Lipinski definition) is 1. The zero-order valence-electron chi connectivity index (χ0n) is 10.6. The molecule has 2 aromatic rings. The summed E-state index contributed by atoms with van der Waals surface area (Å²) >= 11 is 0. The second-order valence-corrected chi connectivity index (χ2v) is 4.29. The van der Waals surface area contributed by atoms with Gasteiger partial charge in [-0.2, -0.15) is 0 Å². The quantitative estimate of drug-likeness (QED) is 0.879. The van der Waals surface area contributed by atoms with Gasteiger partial charge in [-0.05, 0) is 44.0 Å². The number of hydrogen-bond acceptors (Lipinski definition) is 3. The van der Waals surface area contributed by atoms with Crippen LogP contribution < -0.4 is 0 Å². The molecular weight excluding hydrogens is 228 g/mol. The van der Waals surface area contributed by atoms with Crippen LogP contribution in [0, 0.1) is 20.8 Å². The Morgan fingerprint density at radius 2 is 1.78 bits per heavy atom. The second-order valence-electron chi connectivity index (χ2n) is 4.29. The number of carboxylic acid groups (broad SMARTS) is 1.